The number of benzene rings is 2. The Hall–Kier alpha value is -3.60. The molecule has 1 unspecified atom stereocenters. The Morgan fingerprint density at radius 1 is 1.05 bits per heavy atom. The molecule has 1 atom stereocenters. The van der Waals surface area contributed by atoms with Crippen LogP contribution >= 0.6 is 0 Å². The van der Waals surface area contributed by atoms with Crippen molar-refractivity contribution in [2.24, 2.45) is 10.2 Å². The minimum Gasteiger partial charge on any atom is -0.381 e. The van der Waals surface area contributed by atoms with E-state index in [-0.39, 0.29) is 17.9 Å². The Balaban J connectivity index is 1.18. The number of nitrogens with one attached hydrogen (secondary N) is 2. The zero-order valence-corrected chi connectivity index (χ0v) is 24.1. The van der Waals surface area contributed by atoms with Gasteiger partial charge in [-0.15, -0.1) is 0 Å². The number of carbonyl (C=O) groups excluding carboxylic acids is 2. The van der Waals surface area contributed by atoms with Crippen LogP contribution in [0.5, 0.6) is 0 Å². The lowest BCUT2D eigenvalue weighted by atomic mass is 10.0. The average molecular weight is 558 g/mol. The van der Waals surface area contributed by atoms with Gasteiger partial charge in [-0.3, -0.25) is 15.1 Å². The van der Waals surface area contributed by atoms with Crippen LogP contribution in [0.4, 0.5) is 16.2 Å². The lowest BCUT2D eigenvalue weighted by Crippen LogP contribution is -2.49. The Morgan fingerprint density at radius 3 is 2.59 bits per heavy atom. The molecule has 10 heteroatoms. The number of urea groups is 1. The maximum atomic E-state index is 13.8. The SMILES string of the molecule is CC(C)N1CCCN(c2ccc(C3=C4C(=O)c5c(NC(=O)NN(C)C6CCOCC6)cccc5C4N=N3)cc2)CC1. The van der Waals surface area contributed by atoms with Crippen LogP contribution in [0.15, 0.2) is 58.3 Å². The number of hydrogen-bond donors (Lipinski definition) is 2. The fourth-order valence-corrected chi connectivity index (χ4v) is 6.33. The van der Waals surface area contributed by atoms with Crippen molar-refractivity contribution in [2.75, 3.05) is 56.7 Å². The second-order valence-electron chi connectivity index (χ2n) is 11.5. The van der Waals surface area contributed by atoms with E-state index in [1.807, 2.05) is 36.3 Å². The van der Waals surface area contributed by atoms with Gasteiger partial charge in [-0.1, -0.05) is 24.3 Å². The summed E-state index contributed by atoms with van der Waals surface area (Å²) in [7, 11) is 1.86. The fraction of sp³-hybridized carbons (Fsp3) is 0.484. The van der Waals surface area contributed by atoms with Gasteiger partial charge in [0.25, 0.3) is 0 Å². The molecule has 3 aliphatic heterocycles. The number of ketones is 1. The number of hydrogen-bond acceptors (Lipinski definition) is 8. The van der Waals surface area contributed by atoms with E-state index in [0.29, 0.717) is 41.8 Å². The summed E-state index contributed by atoms with van der Waals surface area (Å²) in [6.07, 6.45) is 2.85. The number of rotatable bonds is 6. The average Bonchev–Trinajstić information content (AvgIpc) is 3.42. The first-order chi connectivity index (χ1) is 19.9. The fourth-order valence-electron chi connectivity index (χ4n) is 6.33. The summed E-state index contributed by atoms with van der Waals surface area (Å²) in [6, 6.07) is 13.8. The van der Waals surface area contributed by atoms with E-state index in [1.54, 1.807) is 6.07 Å². The van der Waals surface area contributed by atoms with Crippen LogP contribution in [-0.4, -0.2) is 80.2 Å². The maximum absolute atomic E-state index is 13.8. The molecule has 41 heavy (non-hydrogen) atoms. The van der Waals surface area contributed by atoms with Gasteiger partial charge in [-0.05, 0) is 56.9 Å². The lowest BCUT2D eigenvalue weighted by molar-refractivity contribution is 0.0312. The van der Waals surface area contributed by atoms with Crippen molar-refractivity contribution in [1.82, 2.24) is 15.3 Å². The predicted octanol–water partition coefficient (Wildman–Crippen LogP) is 4.87. The first-order valence-electron chi connectivity index (χ1n) is 14.7. The van der Waals surface area contributed by atoms with Gasteiger partial charge in [0.15, 0.2) is 5.78 Å². The largest absolute Gasteiger partial charge is 0.381 e. The molecular weight excluding hydrogens is 518 g/mol. The third kappa shape index (κ3) is 5.51. The molecule has 2 aromatic rings. The van der Waals surface area contributed by atoms with Gasteiger partial charge in [0.1, 0.15) is 11.7 Å². The molecule has 0 radical (unpaired) electrons. The highest BCUT2D eigenvalue weighted by Gasteiger charge is 2.42. The van der Waals surface area contributed by atoms with Crippen LogP contribution in [0.3, 0.4) is 0 Å². The quantitative estimate of drug-likeness (QED) is 0.492. The molecule has 2 fully saturated rings. The number of fused-ring (bicyclic) bond motifs is 3. The van der Waals surface area contributed by atoms with E-state index in [0.717, 1.165) is 56.6 Å². The zero-order valence-electron chi connectivity index (χ0n) is 24.1. The lowest BCUT2D eigenvalue weighted by Gasteiger charge is -2.31. The zero-order chi connectivity index (χ0) is 28.5. The number of nitrogens with zero attached hydrogens (tertiary/aromatic N) is 5. The monoisotopic (exact) mass is 557 g/mol. The van der Waals surface area contributed by atoms with Crippen molar-refractivity contribution < 1.29 is 14.3 Å². The molecule has 0 spiro atoms. The Labute approximate surface area is 241 Å². The molecule has 0 aromatic heterocycles. The smallest absolute Gasteiger partial charge is 0.333 e. The van der Waals surface area contributed by atoms with E-state index < -0.39 is 6.04 Å². The molecule has 0 bridgehead atoms. The number of Topliss-reactive ketones (excluding diaryl/α,β-unsaturated/α-hetero) is 1. The Morgan fingerprint density at radius 2 is 1.83 bits per heavy atom. The number of carbonyl (C=O) groups is 2. The summed E-state index contributed by atoms with van der Waals surface area (Å²) < 4.78 is 5.42. The van der Waals surface area contributed by atoms with E-state index in [4.69, 9.17) is 4.74 Å². The number of ether oxygens (including phenoxy) is 1. The third-order valence-corrected chi connectivity index (χ3v) is 8.70. The highest BCUT2D eigenvalue weighted by Crippen LogP contribution is 2.49. The van der Waals surface area contributed by atoms with Crippen molar-refractivity contribution in [2.45, 2.75) is 51.2 Å². The molecule has 2 N–H and O–H groups in total. The van der Waals surface area contributed by atoms with Gasteiger partial charge >= 0.3 is 6.03 Å². The molecule has 2 amide bonds. The molecule has 4 aliphatic rings. The van der Waals surface area contributed by atoms with Crippen LogP contribution < -0.4 is 15.6 Å². The summed E-state index contributed by atoms with van der Waals surface area (Å²) in [5.41, 5.74) is 7.87. The van der Waals surface area contributed by atoms with Crippen molar-refractivity contribution in [3.8, 4) is 0 Å². The summed E-state index contributed by atoms with van der Waals surface area (Å²) >= 11 is 0. The summed E-state index contributed by atoms with van der Waals surface area (Å²) in [5.74, 6) is -0.135. The molecule has 2 aromatic carbocycles. The predicted molar refractivity (Wildman–Crippen MR) is 159 cm³/mol. The van der Waals surface area contributed by atoms with E-state index >= 15 is 0 Å². The van der Waals surface area contributed by atoms with Gasteiger partial charge in [0, 0.05) is 69.8 Å². The van der Waals surface area contributed by atoms with Gasteiger partial charge in [-0.2, -0.15) is 10.2 Å². The third-order valence-electron chi connectivity index (χ3n) is 8.70. The normalized spacial score (nSPS) is 21.4. The highest BCUT2D eigenvalue weighted by atomic mass is 16.5. The maximum Gasteiger partial charge on any atom is 0.333 e. The number of anilines is 2. The van der Waals surface area contributed by atoms with Crippen LogP contribution in [-0.2, 0) is 4.74 Å². The van der Waals surface area contributed by atoms with Crippen molar-refractivity contribution in [3.05, 3.63) is 64.7 Å². The Bertz CT molecular complexity index is 1360. The standard InChI is InChI=1S/C31H39N7O3/c1-20(2)37-14-5-15-38(17-16-37)23-10-8-21(9-11-23)28-27-29(34-33-28)24-6-4-7-25(26(24)30(27)39)32-31(40)35-36(3)22-12-18-41-19-13-22/h4,6-11,20,22,29H,5,12-19H2,1-3H3,(H2,32,35,40). The van der Waals surface area contributed by atoms with Crippen LogP contribution in [0.25, 0.3) is 5.70 Å². The second-order valence-corrected chi connectivity index (χ2v) is 11.5. The minimum absolute atomic E-state index is 0.135. The summed E-state index contributed by atoms with van der Waals surface area (Å²) in [5, 5.41) is 13.7. The number of azo groups is 1. The first-order valence-corrected chi connectivity index (χ1v) is 14.7. The molecule has 2 saturated heterocycles. The first kappa shape index (κ1) is 27.6. The van der Waals surface area contributed by atoms with Crippen LogP contribution in [0, 0.1) is 0 Å². The molecule has 0 saturated carbocycles. The molecule has 216 valence electrons. The van der Waals surface area contributed by atoms with Crippen molar-refractivity contribution >= 4 is 28.9 Å². The molecule has 10 nitrogen and oxygen atoms in total. The van der Waals surface area contributed by atoms with Gasteiger partial charge in [-0.25, -0.2) is 9.80 Å². The van der Waals surface area contributed by atoms with E-state index in [1.165, 1.54) is 5.69 Å². The molecule has 3 heterocycles. The van der Waals surface area contributed by atoms with Crippen LogP contribution in [0.1, 0.15) is 60.6 Å². The summed E-state index contributed by atoms with van der Waals surface area (Å²) in [4.78, 5) is 31.6. The Kier molecular flexibility index (Phi) is 7.88. The van der Waals surface area contributed by atoms with E-state index in [2.05, 4.69) is 56.8 Å². The highest BCUT2D eigenvalue weighted by molar-refractivity contribution is 6.22. The number of amides is 2. The van der Waals surface area contributed by atoms with Crippen molar-refractivity contribution in [3.63, 3.8) is 0 Å². The number of hydrazine groups is 1. The topological polar surface area (TPSA) is 102 Å². The second kappa shape index (κ2) is 11.7. The van der Waals surface area contributed by atoms with Crippen LogP contribution in [0.2, 0.25) is 0 Å². The van der Waals surface area contributed by atoms with E-state index in [9.17, 15) is 9.59 Å². The van der Waals surface area contributed by atoms with Gasteiger partial charge in [0.05, 0.1) is 16.8 Å². The molecular formula is C31H39N7O3. The molecule has 6 rings (SSSR count). The van der Waals surface area contributed by atoms with Gasteiger partial charge < -0.3 is 15.0 Å². The minimum atomic E-state index is -0.450. The molecule has 1 aliphatic carbocycles. The van der Waals surface area contributed by atoms with Gasteiger partial charge in [0.2, 0.25) is 0 Å². The summed E-state index contributed by atoms with van der Waals surface area (Å²) in [6.45, 7) is 10.1. The van der Waals surface area contributed by atoms with Crippen molar-refractivity contribution in [1.29, 1.82) is 0 Å².